The number of nitrogens with one attached hydrogen (secondary N) is 2. The minimum absolute atomic E-state index is 0.00337. The van der Waals surface area contributed by atoms with Crippen LogP contribution in [0.4, 0.5) is 10.4 Å². The Labute approximate surface area is 176 Å². The fourth-order valence-corrected chi connectivity index (χ4v) is 3.45. The molecular formula is C22H17FN6O2. The van der Waals surface area contributed by atoms with E-state index in [1.165, 1.54) is 12.3 Å². The number of rotatable bonds is 4. The third-order valence-electron chi connectivity index (χ3n) is 4.88. The molecule has 0 saturated carbocycles. The first-order valence-corrected chi connectivity index (χ1v) is 9.74. The number of nitrogens with zero attached hydrogens (tertiary/aromatic N) is 4. The molecule has 1 aliphatic heterocycles. The molecule has 9 heteroatoms. The van der Waals surface area contributed by atoms with Gasteiger partial charge in [-0.1, -0.05) is 47.6 Å². The summed E-state index contributed by atoms with van der Waals surface area (Å²) in [7, 11) is 0. The van der Waals surface area contributed by atoms with E-state index in [-0.39, 0.29) is 17.8 Å². The standard InChI is InChI=1S/C22H17FN6O2/c23-17-12-14(10-11-24-17)21-28-29-22(31-21)27-19-20(30)25-16-9-5-4-8-15(16)18(26-19)13-6-2-1-3-7-13/h1-3,6-12,19H,4-5H2,(H,25,30)(H,27,29). The van der Waals surface area contributed by atoms with Gasteiger partial charge in [0.15, 0.2) is 0 Å². The van der Waals surface area contributed by atoms with Crippen LogP contribution in [0, 0.1) is 5.95 Å². The normalized spacial score (nSPS) is 18.2. The van der Waals surface area contributed by atoms with E-state index >= 15 is 0 Å². The minimum Gasteiger partial charge on any atom is -0.403 e. The Morgan fingerprint density at radius 1 is 1.06 bits per heavy atom. The van der Waals surface area contributed by atoms with E-state index in [1.54, 1.807) is 6.07 Å². The van der Waals surface area contributed by atoms with Gasteiger partial charge in [-0.2, -0.15) is 4.39 Å². The second kappa shape index (κ2) is 7.94. The van der Waals surface area contributed by atoms with Crippen LogP contribution in [0.2, 0.25) is 0 Å². The van der Waals surface area contributed by atoms with Gasteiger partial charge in [0.05, 0.1) is 5.71 Å². The number of carbonyl (C=O) groups is 1. The Morgan fingerprint density at radius 2 is 1.90 bits per heavy atom. The summed E-state index contributed by atoms with van der Waals surface area (Å²) in [5.41, 5.74) is 3.59. The Hall–Kier alpha value is -4.14. The second-order valence-corrected chi connectivity index (χ2v) is 6.97. The summed E-state index contributed by atoms with van der Waals surface area (Å²) in [6.07, 6.45) is 6.09. The van der Waals surface area contributed by atoms with Crippen molar-refractivity contribution in [2.24, 2.45) is 4.99 Å². The van der Waals surface area contributed by atoms with Crippen LogP contribution in [0.25, 0.3) is 11.5 Å². The van der Waals surface area contributed by atoms with Crippen LogP contribution in [0.15, 0.2) is 81.5 Å². The van der Waals surface area contributed by atoms with Crippen molar-refractivity contribution in [3.8, 4) is 11.5 Å². The monoisotopic (exact) mass is 416 g/mol. The van der Waals surface area contributed by atoms with E-state index in [0.29, 0.717) is 11.3 Å². The third kappa shape index (κ3) is 3.85. The van der Waals surface area contributed by atoms with Crippen LogP contribution >= 0.6 is 0 Å². The predicted molar refractivity (Wildman–Crippen MR) is 111 cm³/mol. The molecule has 1 aromatic carbocycles. The SMILES string of the molecule is O=C1NC2=CCCC=C2C(c2ccccc2)=NC1Nc1nnc(-c2ccnc(F)c2)o1. The average Bonchev–Trinajstić information content (AvgIpc) is 3.21. The highest BCUT2D eigenvalue weighted by atomic mass is 19.1. The topological polar surface area (TPSA) is 105 Å². The first kappa shape index (κ1) is 18.9. The number of allylic oxidation sites excluding steroid dienone is 3. The number of hydrogen-bond donors (Lipinski definition) is 2. The average molecular weight is 416 g/mol. The zero-order valence-electron chi connectivity index (χ0n) is 16.2. The van der Waals surface area contributed by atoms with Crippen molar-refractivity contribution in [3.05, 3.63) is 83.6 Å². The lowest BCUT2D eigenvalue weighted by Gasteiger charge is -2.16. The minimum atomic E-state index is -0.995. The summed E-state index contributed by atoms with van der Waals surface area (Å²) in [6.45, 7) is 0. The molecule has 5 rings (SSSR count). The van der Waals surface area contributed by atoms with Crippen LogP contribution < -0.4 is 10.6 Å². The molecule has 1 unspecified atom stereocenters. The van der Waals surface area contributed by atoms with E-state index in [9.17, 15) is 9.18 Å². The summed E-state index contributed by atoms with van der Waals surface area (Å²) in [5.74, 6) is -0.904. The summed E-state index contributed by atoms with van der Waals surface area (Å²) in [6, 6.07) is 12.4. The number of aliphatic imine (C=N–C) groups is 1. The number of aromatic nitrogens is 3. The number of amides is 1. The lowest BCUT2D eigenvalue weighted by Crippen LogP contribution is -2.36. The lowest BCUT2D eigenvalue weighted by atomic mass is 9.95. The molecule has 2 N–H and O–H groups in total. The van der Waals surface area contributed by atoms with E-state index in [0.717, 1.165) is 29.7 Å². The van der Waals surface area contributed by atoms with Gasteiger partial charge >= 0.3 is 6.01 Å². The highest BCUT2D eigenvalue weighted by Gasteiger charge is 2.29. The molecule has 2 aromatic heterocycles. The number of carbonyl (C=O) groups excluding carboxylic acids is 1. The molecule has 0 spiro atoms. The van der Waals surface area contributed by atoms with Crippen LogP contribution in [-0.4, -0.2) is 33.0 Å². The Bertz CT molecular complexity index is 1230. The van der Waals surface area contributed by atoms with Crippen LogP contribution in [0.5, 0.6) is 0 Å². The van der Waals surface area contributed by atoms with Gasteiger partial charge in [0, 0.05) is 34.7 Å². The maximum Gasteiger partial charge on any atom is 0.317 e. The molecule has 1 aliphatic carbocycles. The molecule has 2 aliphatic rings. The van der Waals surface area contributed by atoms with Gasteiger partial charge < -0.3 is 15.1 Å². The Kier molecular flexibility index (Phi) is 4.83. The van der Waals surface area contributed by atoms with Gasteiger partial charge in [0.2, 0.25) is 18.0 Å². The van der Waals surface area contributed by atoms with E-state index in [2.05, 4.69) is 36.9 Å². The molecule has 0 saturated heterocycles. The summed E-state index contributed by atoms with van der Waals surface area (Å²) < 4.78 is 19.0. The number of halogens is 1. The second-order valence-electron chi connectivity index (χ2n) is 6.97. The van der Waals surface area contributed by atoms with Crippen LogP contribution in [-0.2, 0) is 4.79 Å². The van der Waals surface area contributed by atoms with Crippen LogP contribution in [0.3, 0.4) is 0 Å². The van der Waals surface area contributed by atoms with Crippen molar-refractivity contribution < 1.29 is 13.6 Å². The van der Waals surface area contributed by atoms with Crippen molar-refractivity contribution in [2.75, 3.05) is 5.32 Å². The number of anilines is 1. The zero-order chi connectivity index (χ0) is 21.2. The van der Waals surface area contributed by atoms with Crippen molar-refractivity contribution in [1.82, 2.24) is 20.5 Å². The smallest absolute Gasteiger partial charge is 0.317 e. The van der Waals surface area contributed by atoms with Gasteiger partial charge in [0.25, 0.3) is 5.91 Å². The first-order chi connectivity index (χ1) is 15.2. The Balaban J connectivity index is 1.49. The lowest BCUT2D eigenvalue weighted by molar-refractivity contribution is -0.120. The van der Waals surface area contributed by atoms with Gasteiger partial charge in [-0.3, -0.25) is 4.79 Å². The molecule has 1 amide bonds. The quantitative estimate of drug-likeness (QED) is 0.633. The molecular weight excluding hydrogens is 399 g/mol. The van der Waals surface area contributed by atoms with Gasteiger partial charge in [-0.25, -0.2) is 9.98 Å². The summed E-state index contributed by atoms with van der Waals surface area (Å²) in [5, 5.41) is 13.6. The van der Waals surface area contributed by atoms with Gasteiger partial charge in [-0.15, -0.1) is 5.10 Å². The summed E-state index contributed by atoms with van der Waals surface area (Å²) >= 11 is 0. The van der Waals surface area contributed by atoms with Crippen LogP contribution in [0.1, 0.15) is 18.4 Å². The van der Waals surface area contributed by atoms with Gasteiger partial charge in [0.1, 0.15) is 0 Å². The molecule has 0 fully saturated rings. The van der Waals surface area contributed by atoms with Crippen molar-refractivity contribution in [2.45, 2.75) is 19.0 Å². The maximum atomic E-state index is 13.4. The van der Waals surface area contributed by atoms with E-state index < -0.39 is 12.1 Å². The van der Waals surface area contributed by atoms with E-state index in [4.69, 9.17) is 4.42 Å². The molecule has 1 atom stereocenters. The third-order valence-corrected chi connectivity index (χ3v) is 4.88. The molecule has 8 nitrogen and oxygen atoms in total. The van der Waals surface area contributed by atoms with Gasteiger partial charge in [-0.05, 0) is 18.9 Å². The van der Waals surface area contributed by atoms with Crippen molar-refractivity contribution in [1.29, 1.82) is 0 Å². The molecule has 3 aromatic rings. The largest absolute Gasteiger partial charge is 0.403 e. The maximum absolute atomic E-state index is 13.4. The molecule has 0 radical (unpaired) electrons. The highest BCUT2D eigenvalue weighted by molar-refractivity contribution is 6.17. The number of benzene rings is 1. The molecule has 3 heterocycles. The predicted octanol–water partition coefficient (Wildman–Crippen LogP) is 3.23. The number of fused-ring (bicyclic) bond motifs is 1. The Morgan fingerprint density at radius 3 is 2.74 bits per heavy atom. The number of hydrogen-bond acceptors (Lipinski definition) is 7. The summed E-state index contributed by atoms with van der Waals surface area (Å²) in [4.78, 5) is 21.1. The van der Waals surface area contributed by atoms with Crippen molar-refractivity contribution >= 4 is 17.6 Å². The molecule has 0 bridgehead atoms. The fourth-order valence-electron chi connectivity index (χ4n) is 3.45. The number of pyridine rings is 1. The molecule has 31 heavy (non-hydrogen) atoms. The van der Waals surface area contributed by atoms with E-state index in [1.807, 2.05) is 36.4 Å². The van der Waals surface area contributed by atoms with Crippen molar-refractivity contribution in [3.63, 3.8) is 0 Å². The fraction of sp³-hybridized carbons (Fsp3) is 0.136. The highest BCUT2D eigenvalue weighted by Crippen LogP contribution is 2.26. The first-order valence-electron chi connectivity index (χ1n) is 9.74. The molecule has 154 valence electrons. The zero-order valence-corrected chi connectivity index (χ0v) is 16.2.